The van der Waals surface area contributed by atoms with Gasteiger partial charge in [0.15, 0.2) is 11.4 Å². The van der Waals surface area contributed by atoms with Crippen LogP contribution in [-0.2, 0) is 5.54 Å². The number of rotatable bonds is 5. The van der Waals surface area contributed by atoms with Gasteiger partial charge in [-0.25, -0.2) is 0 Å². The minimum Gasteiger partial charge on any atom is -0.380 e. The van der Waals surface area contributed by atoms with Crippen LogP contribution in [0.1, 0.15) is 22.3 Å². The predicted molar refractivity (Wildman–Crippen MR) is 142 cm³/mol. The number of nitrogens with two attached hydrogens (primary N) is 1. The average molecular weight is 534 g/mol. The molecule has 1 aliphatic rings. The molecule has 0 bridgehead atoms. The molecule has 1 aliphatic heterocycles. The molecule has 11 heteroatoms. The molecule has 3 heterocycles. The molecule has 0 aliphatic carbocycles. The number of carbonyl (C=O) groups is 1. The summed E-state index contributed by atoms with van der Waals surface area (Å²) in [5.74, 6) is -0.0176. The SMILES string of the molecule is Nc1noc2c(N3CCC(NC(=O)c4c(Cl)cc(-n5cnnc5)cc4Cl)(c4ccccc4)C3)cccc12. The first kappa shape index (κ1) is 23.3. The summed E-state index contributed by atoms with van der Waals surface area (Å²) in [5.41, 5.74) is 8.59. The molecule has 2 aromatic heterocycles. The molecular weight excluding hydrogens is 513 g/mol. The van der Waals surface area contributed by atoms with Crippen LogP contribution in [0.25, 0.3) is 16.7 Å². The van der Waals surface area contributed by atoms with Crippen molar-refractivity contribution in [2.24, 2.45) is 0 Å². The number of hydrogen-bond acceptors (Lipinski definition) is 7. The van der Waals surface area contributed by atoms with Gasteiger partial charge in [0.05, 0.1) is 37.9 Å². The second-order valence-corrected chi connectivity index (χ2v) is 9.76. The van der Waals surface area contributed by atoms with Crippen LogP contribution in [0.15, 0.2) is 77.8 Å². The molecule has 6 rings (SSSR count). The van der Waals surface area contributed by atoms with Crippen molar-refractivity contribution >= 4 is 51.6 Å². The highest BCUT2D eigenvalue weighted by Crippen LogP contribution is 2.39. The lowest BCUT2D eigenvalue weighted by Crippen LogP contribution is -2.48. The van der Waals surface area contributed by atoms with E-state index < -0.39 is 5.54 Å². The Hall–Kier alpha value is -4.08. The summed E-state index contributed by atoms with van der Waals surface area (Å²) in [6.07, 6.45) is 3.71. The zero-order valence-electron chi connectivity index (χ0n) is 19.4. The number of aromatic nitrogens is 4. The van der Waals surface area contributed by atoms with Crippen molar-refractivity contribution in [3.8, 4) is 5.69 Å². The first-order valence-electron chi connectivity index (χ1n) is 11.6. The number of para-hydroxylation sites is 1. The van der Waals surface area contributed by atoms with E-state index in [1.54, 1.807) is 16.7 Å². The van der Waals surface area contributed by atoms with E-state index in [9.17, 15) is 4.79 Å². The Kier molecular flexibility index (Phi) is 5.73. The van der Waals surface area contributed by atoms with E-state index in [0.717, 1.165) is 16.6 Å². The van der Waals surface area contributed by atoms with E-state index >= 15 is 0 Å². The molecule has 0 saturated carbocycles. The van der Waals surface area contributed by atoms with Crippen molar-refractivity contribution in [3.63, 3.8) is 0 Å². The molecule has 0 spiro atoms. The van der Waals surface area contributed by atoms with Crippen LogP contribution < -0.4 is 16.0 Å². The quantitative estimate of drug-likeness (QED) is 0.332. The fraction of sp³-hybridized carbons (Fsp3) is 0.154. The van der Waals surface area contributed by atoms with Crippen LogP contribution >= 0.6 is 23.2 Å². The molecule has 37 heavy (non-hydrogen) atoms. The largest absolute Gasteiger partial charge is 0.380 e. The van der Waals surface area contributed by atoms with E-state index in [-0.39, 0.29) is 21.5 Å². The standard InChI is InChI=1S/C26H21Cl2N7O2/c27-19-11-17(35-14-30-31-15-35)12-20(28)22(19)25(36)32-26(16-5-2-1-3-6-16)9-10-34(13-26)21-8-4-7-18-23(21)37-33-24(18)29/h1-8,11-12,14-15H,9-10,13H2,(H2,29,33)(H,32,36). The second kappa shape index (κ2) is 9.10. The molecule has 3 aromatic carbocycles. The zero-order chi connectivity index (χ0) is 25.6. The van der Waals surface area contributed by atoms with E-state index in [2.05, 4.69) is 25.6 Å². The Morgan fingerprint density at radius 3 is 2.49 bits per heavy atom. The molecule has 1 fully saturated rings. The van der Waals surface area contributed by atoms with Crippen LogP contribution in [0.5, 0.6) is 0 Å². The number of anilines is 2. The Morgan fingerprint density at radius 2 is 1.76 bits per heavy atom. The van der Waals surface area contributed by atoms with Crippen molar-refractivity contribution in [1.82, 2.24) is 25.2 Å². The fourth-order valence-corrected chi connectivity index (χ4v) is 5.58. The number of fused-ring (bicyclic) bond motifs is 1. The summed E-state index contributed by atoms with van der Waals surface area (Å²) in [7, 11) is 0. The van der Waals surface area contributed by atoms with E-state index in [1.165, 1.54) is 12.7 Å². The van der Waals surface area contributed by atoms with Crippen molar-refractivity contribution in [1.29, 1.82) is 0 Å². The van der Waals surface area contributed by atoms with Gasteiger partial charge >= 0.3 is 0 Å². The first-order valence-corrected chi connectivity index (χ1v) is 12.3. The third kappa shape index (κ3) is 4.06. The van der Waals surface area contributed by atoms with E-state index in [4.69, 9.17) is 33.5 Å². The molecule has 0 radical (unpaired) electrons. The lowest BCUT2D eigenvalue weighted by atomic mass is 9.88. The van der Waals surface area contributed by atoms with Crippen LogP contribution in [0.4, 0.5) is 11.5 Å². The Labute approximate surface area is 221 Å². The summed E-state index contributed by atoms with van der Waals surface area (Å²) in [4.78, 5) is 15.9. The van der Waals surface area contributed by atoms with Gasteiger partial charge in [0.2, 0.25) is 0 Å². The van der Waals surface area contributed by atoms with Gasteiger partial charge in [-0.1, -0.05) is 64.8 Å². The summed E-state index contributed by atoms with van der Waals surface area (Å²) >= 11 is 13.1. The number of nitrogens with one attached hydrogen (secondary N) is 1. The summed E-state index contributed by atoms with van der Waals surface area (Å²) in [6.45, 7) is 1.17. The summed E-state index contributed by atoms with van der Waals surface area (Å²) in [5, 5.41) is 16.0. The van der Waals surface area contributed by atoms with Gasteiger partial charge in [0, 0.05) is 13.1 Å². The molecule has 1 unspecified atom stereocenters. The molecular formula is C26H21Cl2N7O2. The highest BCUT2D eigenvalue weighted by Gasteiger charge is 2.42. The smallest absolute Gasteiger partial charge is 0.255 e. The number of carbonyl (C=O) groups excluding carboxylic acids is 1. The van der Waals surface area contributed by atoms with Crippen molar-refractivity contribution in [2.75, 3.05) is 23.7 Å². The minimum atomic E-state index is -0.703. The average Bonchev–Trinajstić information content (AvgIpc) is 3.65. The highest BCUT2D eigenvalue weighted by molar-refractivity contribution is 6.40. The zero-order valence-corrected chi connectivity index (χ0v) is 20.9. The molecule has 186 valence electrons. The first-order chi connectivity index (χ1) is 17.9. The van der Waals surface area contributed by atoms with E-state index in [1.807, 2.05) is 48.5 Å². The van der Waals surface area contributed by atoms with Gasteiger partial charge in [-0.15, -0.1) is 10.2 Å². The maximum Gasteiger partial charge on any atom is 0.255 e. The number of benzene rings is 3. The molecule has 3 N–H and O–H groups in total. The van der Waals surface area contributed by atoms with Crippen molar-refractivity contribution in [3.05, 3.63) is 94.5 Å². The van der Waals surface area contributed by atoms with Crippen molar-refractivity contribution < 1.29 is 9.32 Å². The van der Waals surface area contributed by atoms with Gasteiger partial charge in [-0.3, -0.25) is 9.36 Å². The lowest BCUT2D eigenvalue weighted by molar-refractivity contribution is 0.0905. The van der Waals surface area contributed by atoms with Crippen LogP contribution in [0.2, 0.25) is 10.0 Å². The molecule has 5 aromatic rings. The maximum atomic E-state index is 13.7. The second-order valence-electron chi connectivity index (χ2n) is 8.95. The summed E-state index contributed by atoms with van der Waals surface area (Å²) < 4.78 is 7.20. The van der Waals surface area contributed by atoms with Gasteiger partial charge in [-0.2, -0.15) is 0 Å². The van der Waals surface area contributed by atoms with Gasteiger partial charge in [0.25, 0.3) is 5.91 Å². The monoisotopic (exact) mass is 533 g/mol. The molecule has 1 atom stereocenters. The van der Waals surface area contributed by atoms with Gasteiger partial charge in [0.1, 0.15) is 12.7 Å². The third-order valence-electron chi connectivity index (χ3n) is 6.77. The Morgan fingerprint density at radius 1 is 1.03 bits per heavy atom. The third-order valence-corrected chi connectivity index (χ3v) is 7.36. The molecule has 9 nitrogen and oxygen atoms in total. The Balaban J connectivity index is 1.36. The molecule has 1 amide bonds. The molecule has 1 saturated heterocycles. The highest BCUT2D eigenvalue weighted by atomic mass is 35.5. The Bertz CT molecular complexity index is 1580. The topological polar surface area (TPSA) is 115 Å². The predicted octanol–water partition coefficient (Wildman–Crippen LogP) is 4.83. The van der Waals surface area contributed by atoms with Crippen LogP contribution in [0.3, 0.4) is 0 Å². The normalized spacial score (nSPS) is 17.4. The van der Waals surface area contributed by atoms with Crippen LogP contribution in [-0.4, -0.2) is 38.9 Å². The van der Waals surface area contributed by atoms with Crippen molar-refractivity contribution in [2.45, 2.75) is 12.0 Å². The van der Waals surface area contributed by atoms with E-state index in [0.29, 0.717) is 36.6 Å². The number of amides is 1. The number of nitrogens with zero attached hydrogens (tertiary/aromatic N) is 5. The summed E-state index contributed by atoms with van der Waals surface area (Å²) in [6, 6.07) is 19.0. The van der Waals surface area contributed by atoms with Crippen LogP contribution in [0, 0.1) is 0 Å². The lowest BCUT2D eigenvalue weighted by Gasteiger charge is -2.32. The van der Waals surface area contributed by atoms with Gasteiger partial charge < -0.3 is 20.5 Å². The maximum absolute atomic E-state index is 13.7. The minimum absolute atomic E-state index is 0.207. The number of hydrogen-bond donors (Lipinski definition) is 2. The fourth-order valence-electron chi connectivity index (χ4n) is 4.94. The van der Waals surface area contributed by atoms with Gasteiger partial charge in [-0.05, 0) is 36.2 Å². The number of nitrogen functional groups attached to an aromatic ring is 1. The number of halogens is 2.